The first-order valence-corrected chi connectivity index (χ1v) is 7.00. The van der Waals surface area contributed by atoms with Crippen LogP contribution < -0.4 is 5.73 Å². The Morgan fingerprint density at radius 2 is 1.71 bits per heavy atom. The second-order valence-corrected chi connectivity index (χ2v) is 5.79. The molecule has 2 N–H and O–H groups in total. The molecular weight excluding hydrogens is 206 g/mol. The minimum absolute atomic E-state index is 0.203. The first-order chi connectivity index (χ1) is 8.15. The molecule has 1 heteroatoms. The fourth-order valence-electron chi connectivity index (χ4n) is 3.03. The molecule has 1 aromatic rings. The van der Waals surface area contributed by atoms with Crippen LogP contribution in [-0.4, -0.2) is 0 Å². The third kappa shape index (κ3) is 2.71. The molecule has 1 saturated carbocycles. The van der Waals surface area contributed by atoms with Gasteiger partial charge in [-0.3, -0.25) is 0 Å². The largest absolute Gasteiger partial charge is 0.323 e. The smallest absolute Gasteiger partial charge is 0.0349 e. The SMILES string of the molecule is CCc1ccc(C(N)C2(C)CCCCC2)cc1. The Labute approximate surface area is 105 Å². The van der Waals surface area contributed by atoms with E-state index in [4.69, 9.17) is 5.73 Å². The lowest BCUT2D eigenvalue weighted by atomic mass is 9.69. The Balaban J connectivity index is 2.14. The van der Waals surface area contributed by atoms with Crippen LogP contribution >= 0.6 is 0 Å². The zero-order valence-electron chi connectivity index (χ0n) is 11.2. The molecule has 0 spiro atoms. The Hall–Kier alpha value is -0.820. The Morgan fingerprint density at radius 1 is 1.12 bits per heavy atom. The summed E-state index contributed by atoms with van der Waals surface area (Å²) in [7, 11) is 0. The van der Waals surface area contributed by atoms with Gasteiger partial charge in [0.25, 0.3) is 0 Å². The van der Waals surface area contributed by atoms with Crippen molar-refractivity contribution in [3.05, 3.63) is 35.4 Å². The van der Waals surface area contributed by atoms with Crippen LogP contribution in [0.5, 0.6) is 0 Å². The molecule has 1 aliphatic rings. The zero-order valence-corrected chi connectivity index (χ0v) is 11.2. The average molecular weight is 231 g/mol. The van der Waals surface area contributed by atoms with Crippen molar-refractivity contribution in [3.63, 3.8) is 0 Å². The fourth-order valence-corrected chi connectivity index (χ4v) is 3.03. The highest BCUT2D eigenvalue weighted by Gasteiger charge is 2.33. The van der Waals surface area contributed by atoms with E-state index in [1.54, 1.807) is 0 Å². The van der Waals surface area contributed by atoms with Crippen molar-refractivity contribution in [1.29, 1.82) is 0 Å². The van der Waals surface area contributed by atoms with Crippen molar-refractivity contribution >= 4 is 0 Å². The third-order valence-corrected chi connectivity index (χ3v) is 4.49. The van der Waals surface area contributed by atoms with Gasteiger partial charge in [-0.05, 0) is 35.8 Å². The molecule has 94 valence electrons. The van der Waals surface area contributed by atoms with Gasteiger partial charge in [-0.25, -0.2) is 0 Å². The summed E-state index contributed by atoms with van der Waals surface area (Å²) < 4.78 is 0. The molecule has 0 heterocycles. The van der Waals surface area contributed by atoms with Gasteiger partial charge in [0.15, 0.2) is 0 Å². The molecule has 0 saturated heterocycles. The van der Waals surface area contributed by atoms with Crippen molar-refractivity contribution in [3.8, 4) is 0 Å². The molecule has 1 nitrogen and oxygen atoms in total. The van der Waals surface area contributed by atoms with E-state index in [0.717, 1.165) is 6.42 Å². The molecule has 17 heavy (non-hydrogen) atoms. The molecule has 1 unspecified atom stereocenters. The molecule has 0 aliphatic heterocycles. The number of aryl methyl sites for hydroxylation is 1. The van der Waals surface area contributed by atoms with Crippen LogP contribution in [0.25, 0.3) is 0 Å². The predicted molar refractivity (Wildman–Crippen MR) is 73.9 cm³/mol. The number of rotatable bonds is 3. The Morgan fingerprint density at radius 3 is 2.24 bits per heavy atom. The molecule has 2 rings (SSSR count). The average Bonchev–Trinajstić information content (AvgIpc) is 2.39. The molecule has 0 radical (unpaired) electrons. The number of hydrogen-bond acceptors (Lipinski definition) is 1. The van der Waals surface area contributed by atoms with Gasteiger partial charge >= 0.3 is 0 Å². The minimum atomic E-state index is 0.203. The van der Waals surface area contributed by atoms with Gasteiger partial charge in [0.2, 0.25) is 0 Å². The van der Waals surface area contributed by atoms with Gasteiger partial charge in [-0.1, -0.05) is 57.4 Å². The van der Waals surface area contributed by atoms with Gasteiger partial charge < -0.3 is 5.73 Å². The van der Waals surface area contributed by atoms with Crippen molar-refractivity contribution < 1.29 is 0 Å². The lowest BCUT2D eigenvalue weighted by molar-refractivity contribution is 0.170. The van der Waals surface area contributed by atoms with E-state index in [1.807, 2.05) is 0 Å². The molecule has 1 aromatic carbocycles. The van der Waals surface area contributed by atoms with Crippen molar-refractivity contribution in [1.82, 2.24) is 0 Å². The van der Waals surface area contributed by atoms with Crippen LogP contribution in [0.4, 0.5) is 0 Å². The van der Waals surface area contributed by atoms with E-state index in [9.17, 15) is 0 Å². The summed E-state index contributed by atoms with van der Waals surface area (Å²) in [4.78, 5) is 0. The Bertz CT molecular complexity index is 346. The van der Waals surface area contributed by atoms with Gasteiger partial charge in [-0.2, -0.15) is 0 Å². The predicted octanol–water partition coefficient (Wildman–Crippen LogP) is 4.22. The quantitative estimate of drug-likeness (QED) is 0.828. The molecular formula is C16H25N. The highest BCUT2D eigenvalue weighted by molar-refractivity contribution is 5.26. The standard InChI is InChI=1S/C16H25N/c1-3-13-7-9-14(10-8-13)15(17)16(2)11-5-4-6-12-16/h7-10,15H,3-6,11-12,17H2,1-2H3. The second-order valence-electron chi connectivity index (χ2n) is 5.79. The van der Waals surface area contributed by atoms with Crippen LogP contribution in [0.15, 0.2) is 24.3 Å². The monoisotopic (exact) mass is 231 g/mol. The Kier molecular flexibility index (Phi) is 3.88. The molecule has 1 aliphatic carbocycles. The summed E-state index contributed by atoms with van der Waals surface area (Å²) >= 11 is 0. The van der Waals surface area contributed by atoms with E-state index >= 15 is 0 Å². The van der Waals surface area contributed by atoms with Crippen LogP contribution in [0, 0.1) is 5.41 Å². The minimum Gasteiger partial charge on any atom is -0.323 e. The molecule has 1 fully saturated rings. The lowest BCUT2D eigenvalue weighted by Crippen LogP contribution is -2.33. The van der Waals surface area contributed by atoms with Crippen LogP contribution in [0.2, 0.25) is 0 Å². The van der Waals surface area contributed by atoms with Crippen molar-refractivity contribution in [2.24, 2.45) is 11.1 Å². The highest BCUT2D eigenvalue weighted by Crippen LogP contribution is 2.44. The second kappa shape index (κ2) is 5.22. The summed E-state index contributed by atoms with van der Waals surface area (Å²) in [6.45, 7) is 4.56. The zero-order chi connectivity index (χ0) is 12.3. The summed E-state index contributed by atoms with van der Waals surface area (Å²) in [5.74, 6) is 0. The van der Waals surface area contributed by atoms with Crippen LogP contribution in [-0.2, 0) is 6.42 Å². The van der Waals surface area contributed by atoms with E-state index in [2.05, 4.69) is 38.1 Å². The lowest BCUT2D eigenvalue weighted by Gasteiger charge is -2.39. The third-order valence-electron chi connectivity index (χ3n) is 4.49. The molecule has 0 bridgehead atoms. The topological polar surface area (TPSA) is 26.0 Å². The molecule has 1 atom stereocenters. The first kappa shape index (κ1) is 12.6. The first-order valence-electron chi connectivity index (χ1n) is 7.00. The number of hydrogen-bond donors (Lipinski definition) is 1. The number of nitrogens with two attached hydrogens (primary N) is 1. The van der Waals surface area contributed by atoms with E-state index in [0.29, 0.717) is 5.41 Å². The normalized spacial score (nSPS) is 21.1. The van der Waals surface area contributed by atoms with E-state index in [1.165, 1.54) is 43.2 Å². The van der Waals surface area contributed by atoms with Crippen molar-refractivity contribution in [2.45, 2.75) is 58.4 Å². The fraction of sp³-hybridized carbons (Fsp3) is 0.625. The van der Waals surface area contributed by atoms with Crippen molar-refractivity contribution in [2.75, 3.05) is 0 Å². The molecule has 0 aromatic heterocycles. The number of benzene rings is 1. The summed E-state index contributed by atoms with van der Waals surface area (Å²) in [6.07, 6.45) is 7.74. The highest BCUT2D eigenvalue weighted by atomic mass is 14.7. The summed E-state index contributed by atoms with van der Waals surface area (Å²) in [5.41, 5.74) is 9.52. The van der Waals surface area contributed by atoms with Gasteiger partial charge in [0.1, 0.15) is 0 Å². The summed E-state index contributed by atoms with van der Waals surface area (Å²) in [6, 6.07) is 9.10. The van der Waals surface area contributed by atoms with Crippen LogP contribution in [0.3, 0.4) is 0 Å². The van der Waals surface area contributed by atoms with Crippen LogP contribution in [0.1, 0.15) is 63.1 Å². The van der Waals surface area contributed by atoms with E-state index in [-0.39, 0.29) is 6.04 Å². The van der Waals surface area contributed by atoms with E-state index < -0.39 is 0 Å². The maximum Gasteiger partial charge on any atom is 0.0349 e. The van der Waals surface area contributed by atoms with Gasteiger partial charge in [0.05, 0.1) is 0 Å². The van der Waals surface area contributed by atoms with Gasteiger partial charge in [-0.15, -0.1) is 0 Å². The van der Waals surface area contributed by atoms with Gasteiger partial charge in [0, 0.05) is 6.04 Å². The maximum absolute atomic E-state index is 6.50. The molecule has 0 amide bonds. The maximum atomic E-state index is 6.50. The summed E-state index contributed by atoms with van der Waals surface area (Å²) in [5, 5.41) is 0.